The highest BCUT2D eigenvalue weighted by Crippen LogP contribution is 2.32. The van der Waals surface area contributed by atoms with Crippen LogP contribution in [0.5, 0.6) is 11.5 Å². The van der Waals surface area contributed by atoms with Gasteiger partial charge in [0.05, 0.1) is 7.11 Å². The van der Waals surface area contributed by atoms with Crippen LogP contribution in [-0.4, -0.2) is 61.4 Å². The summed E-state index contributed by atoms with van der Waals surface area (Å²) >= 11 is 0. The van der Waals surface area contributed by atoms with Crippen molar-refractivity contribution in [3.63, 3.8) is 0 Å². The molecule has 0 spiro atoms. The van der Waals surface area contributed by atoms with Crippen molar-refractivity contribution in [1.29, 1.82) is 0 Å². The summed E-state index contributed by atoms with van der Waals surface area (Å²) in [5.41, 5.74) is 2.45. The summed E-state index contributed by atoms with van der Waals surface area (Å²) in [4.78, 5) is 4.65. The van der Waals surface area contributed by atoms with Crippen LogP contribution in [0.2, 0.25) is 0 Å². The number of hydrogen-bond donors (Lipinski definition) is 1. The van der Waals surface area contributed by atoms with Gasteiger partial charge in [-0.25, -0.2) is 0 Å². The van der Waals surface area contributed by atoms with E-state index in [0.717, 1.165) is 32.0 Å². The van der Waals surface area contributed by atoms with Crippen molar-refractivity contribution in [2.24, 2.45) is 5.92 Å². The molecule has 1 atom stereocenters. The summed E-state index contributed by atoms with van der Waals surface area (Å²) in [5, 5.41) is 10.5. The Kier molecular flexibility index (Phi) is 9.19. The Morgan fingerprint density at radius 2 is 1.81 bits per heavy atom. The minimum atomic E-state index is -0.575. The first-order valence-corrected chi connectivity index (χ1v) is 11.5. The van der Waals surface area contributed by atoms with Gasteiger partial charge in [0.15, 0.2) is 11.5 Å². The SMILES string of the molecule is CCCN(Cc1ccc(OC)c(OCC(O)CN(C)Cc2ccccc2)c1)CC1CC1. The van der Waals surface area contributed by atoms with Crippen LogP contribution in [-0.2, 0) is 13.1 Å². The van der Waals surface area contributed by atoms with Crippen LogP contribution >= 0.6 is 0 Å². The Hall–Kier alpha value is -2.08. The first kappa shape index (κ1) is 23.6. The second-order valence-electron chi connectivity index (χ2n) is 8.81. The molecule has 2 aromatic rings. The number of aliphatic hydroxyl groups excluding tert-OH is 1. The summed E-state index contributed by atoms with van der Waals surface area (Å²) < 4.78 is 11.5. The number of ether oxygens (including phenoxy) is 2. The van der Waals surface area contributed by atoms with Gasteiger partial charge in [0.2, 0.25) is 0 Å². The minimum Gasteiger partial charge on any atom is -0.493 e. The van der Waals surface area contributed by atoms with Crippen molar-refractivity contribution >= 4 is 0 Å². The zero-order valence-corrected chi connectivity index (χ0v) is 19.3. The maximum Gasteiger partial charge on any atom is 0.161 e. The largest absolute Gasteiger partial charge is 0.493 e. The molecule has 0 amide bonds. The first-order valence-electron chi connectivity index (χ1n) is 11.5. The Morgan fingerprint density at radius 1 is 1.03 bits per heavy atom. The van der Waals surface area contributed by atoms with Crippen molar-refractivity contribution in [3.05, 3.63) is 59.7 Å². The van der Waals surface area contributed by atoms with Crippen molar-refractivity contribution < 1.29 is 14.6 Å². The van der Waals surface area contributed by atoms with Gasteiger partial charge in [-0.2, -0.15) is 0 Å². The van der Waals surface area contributed by atoms with Gasteiger partial charge in [-0.1, -0.05) is 43.3 Å². The van der Waals surface area contributed by atoms with Crippen molar-refractivity contribution in [2.45, 2.75) is 45.4 Å². The van der Waals surface area contributed by atoms with E-state index in [0.29, 0.717) is 18.0 Å². The number of methoxy groups -OCH3 is 1. The highest BCUT2D eigenvalue weighted by Gasteiger charge is 2.24. The van der Waals surface area contributed by atoms with Gasteiger partial charge >= 0.3 is 0 Å². The molecule has 1 N–H and O–H groups in total. The smallest absolute Gasteiger partial charge is 0.161 e. The van der Waals surface area contributed by atoms with E-state index in [1.165, 1.54) is 30.5 Å². The molecule has 170 valence electrons. The fourth-order valence-corrected chi connectivity index (χ4v) is 3.97. The fourth-order valence-electron chi connectivity index (χ4n) is 3.97. The maximum atomic E-state index is 10.5. The zero-order valence-electron chi connectivity index (χ0n) is 19.3. The molecule has 1 aliphatic carbocycles. The molecule has 1 fully saturated rings. The lowest BCUT2D eigenvalue weighted by atomic mass is 10.1. The lowest BCUT2D eigenvalue weighted by molar-refractivity contribution is 0.0732. The van der Waals surface area contributed by atoms with Gasteiger partial charge < -0.3 is 14.6 Å². The van der Waals surface area contributed by atoms with E-state index in [4.69, 9.17) is 9.47 Å². The first-order chi connectivity index (χ1) is 15.1. The lowest BCUT2D eigenvalue weighted by Crippen LogP contribution is -2.32. The van der Waals surface area contributed by atoms with Crippen LogP contribution in [0.4, 0.5) is 0 Å². The third kappa shape index (κ3) is 8.17. The molecule has 0 bridgehead atoms. The van der Waals surface area contributed by atoms with Crippen LogP contribution in [0.3, 0.4) is 0 Å². The van der Waals surface area contributed by atoms with Gasteiger partial charge in [0.25, 0.3) is 0 Å². The van der Waals surface area contributed by atoms with E-state index in [1.807, 2.05) is 31.3 Å². The van der Waals surface area contributed by atoms with Gasteiger partial charge in [-0.15, -0.1) is 0 Å². The quantitative estimate of drug-likeness (QED) is 0.491. The molecule has 1 aliphatic rings. The monoisotopic (exact) mass is 426 g/mol. The second-order valence-corrected chi connectivity index (χ2v) is 8.81. The van der Waals surface area contributed by atoms with Crippen LogP contribution in [0.15, 0.2) is 48.5 Å². The number of likely N-dealkylation sites (N-methyl/N-ethyl adjacent to an activating group) is 1. The molecule has 0 aromatic heterocycles. The number of hydrogen-bond acceptors (Lipinski definition) is 5. The van der Waals surface area contributed by atoms with Crippen molar-refractivity contribution in [3.8, 4) is 11.5 Å². The number of rotatable bonds is 14. The summed E-state index contributed by atoms with van der Waals surface area (Å²) in [6.45, 7) is 7.03. The fraction of sp³-hybridized carbons (Fsp3) is 0.538. The second kappa shape index (κ2) is 12.1. The number of nitrogens with zero attached hydrogens (tertiary/aromatic N) is 2. The Balaban J connectivity index is 1.53. The third-order valence-electron chi connectivity index (χ3n) is 5.64. The van der Waals surface area contributed by atoms with Gasteiger partial charge in [-0.05, 0) is 62.0 Å². The number of benzene rings is 2. The molecule has 5 heteroatoms. The predicted octanol–water partition coefficient (Wildman–Crippen LogP) is 4.19. The van der Waals surface area contributed by atoms with E-state index < -0.39 is 6.10 Å². The summed E-state index contributed by atoms with van der Waals surface area (Å²) in [5.74, 6) is 2.29. The molecule has 0 aliphatic heterocycles. The molecular weight excluding hydrogens is 388 g/mol. The van der Waals surface area contributed by atoms with Crippen molar-refractivity contribution in [2.75, 3.05) is 40.4 Å². The highest BCUT2D eigenvalue weighted by atomic mass is 16.5. The van der Waals surface area contributed by atoms with Crippen LogP contribution < -0.4 is 9.47 Å². The molecule has 1 unspecified atom stereocenters. The van der Waals surface area contributed by atoms with E-state index in [9.17, 15) is 5.11 Å². The number of aliphatic hydroxyl groups is 1. The highest BCUT2D eigenvalue weighted by molar-refractivity contribution is 5.43. The third-order valence-corrected chi connectivity index (χ3v) is 5.64. The zero-order chi connectivity index (χ0) is 22.1. The molecule has 1 saturated carbocycles. The normalized spacial score (nSPS) is 14.8. The molecule has 0 heterocycles. The molecule has 0 radical (unpaired) electrons. The summed E-state index contributed by atoms with van der Waals surface area (Å²) in [7, 11) is 3.67. The Labute approximate surface area is 187 Å². The van der Waals surface area contributed by atoms with E-state index in [1.54, 1.807) is 7.11 Å². The van der Waals surface area contributed by atoms with Gasteiger partial charge in [-0.3, -0.25) is 9.80 Å². The molecule has 3 rings (SSSR count). The molecule has 5 nitrogen and oxygen atoms in total. The van der Waals surface area contributed by atoms with Gasteiger partial charge in [0.1, 0.15) is 12.7 Å². The summed E-state index contributed by atoms with van der Waals surface area (Å²) in [6, 6.07) is 16.4. The summed E-state index contributed by atoms with van der Waals surface area (Å²) in [6.07, 6.45) is 3.32. The average molecular weight is 427 g/mol. The average Bonchev–Trinajstić information content (AvgIpc) is 3.57. The van der Waals surface area contributed by atoms with E-state index >= 15 is 0 Å². The lowest BCUT2D eigenvalue weighted by Gasteiger charge is -2.23. The van der Waals surface area contributed by atoms with Crippen LogP contribution in [0, 0.1) is 5.92 Å². The van der Waals surface area contributed by atoms with Crippen LogP contribution in [0.1, 0.15) is 37.3 Å². The molecule has 31 heavy (non-hydrogen) atoms. The topological polar surface area (TPSA) is 45.2 Å². The predicted molar refractivity (Wildman–Crippen MR) is 126 cm³/mol. The molecule has 0 saturated heterocycles. The van der Waals surface area contributed by atoms with Crippen molar-refractivity contribution in [1.82, 2.24) is 9.80 Å². The minimum absolute atomic E-state index is 0.236. The maximum absolute atomic E-state index is 10.5. The standard InChI is InChI=1S/C26H38N2O3/c1-4-14-28(17-22-10-11-22)18-23-12-13-25(30-3)26(15-23)31-20-24(29)19-27(2)16-21-8-6-5-7-9-21/h5-9,12-13,15,22,24,29H,4,10-11,14,16-20H2,1-3H3. The van der Waals surface area contributed by atoms with E-state index in [2.05, 4.69) is 41.0 Å². The van der Waals surface area contributed by atoms with Crippen LogP contribution in [0.25, 0.3) is 0 Å². The molecular formula is C26H38N2O3. The Bertz CT molecular complexity index is 779. The Morgan fingerprint density at radius 3 is 2.48 bits per heavy atom. The molecule has 2 aromatic carbocycles. The van der Waals surface area contributed by atoms with Gasteiger partial charge in [0, 0.05) is 26.2 Å². The van der Waals surface area contributed by atoms with E-state index in [-0.39, 0.29) is 6.61 Å².